The molecule has 1 aromatic rings. The smallest absolute Gasteiger partial charge is 0.250 e. The summed E-state index contributed by atoms with van der Waals surface area (Å²) in [4.78, 5) is 26.2. The fourth-order valence-corrected chi connectivity index (χ4v) is 2.78. The van der Waals surface area contributed by atoms with Crippen molar-refractivity contribution in [2.75, 3.05) is 4.90 Å². The van der Waals surface area contributed by atoms with Gasteiger partial charge in [-0.3, -0.25) is 14.5 Å². The zero-order chi connectivity index (χ0) is 12.9. The average molecular weight is 244 g/mol. The van der Waals surface area contributed by atoms with Crippen LogP contribution in [0.3, 0.4) is 0 Å². The second kappa shape index (κ2) is 3.83. The summed E-state index contributed by atoms with van der Waals surface area (Å²) in [6.45, 7) is 3.90. The molecule has 2 heterocycles. The molecule has 2 amide bonds. The van der Waals surface area contributed by atoms with Crippen molar-refractivity contribution >= 4 is 17.5 Å². The monoisotopic (exact) mass is 244 g/mol. The third-order valence-corrected chi connectivity index (χ3v) is 3.75. The SMILES string of the molecule is CC(C)[C@H]1NC(=O)[C@@H]2Cc3ccccc3N2C1=O. The summed E-state index contributed by atoms with van der Waals surface area (Å²) in [5, 5.41) is 2.84. The van der Waals surface area contributed by atoms with Crippen LogP contribution in [0.5, 0.6) is 0 Å². The van der Waals surface area contributed by atoms with E-state index in [4.69, 9.17) is 0 Å². The molecule has 18 heavy (non-hydrogen) atoms. The first-order chi connectivity index (χ1) is 8.59. The van der Waals surface area contributed by atoms with E-state index in [2.05, 4.69) is 5.32 Å². The molecule has 4 heteroatoms. The molecule has 0 saturated carbocycles. The van der Waals surface area contributed by atoms with Gasteiger partial charge in [0, 0.05) is 12.1 Å². The fraction of sp³-hybridized carbons (Fsp3) is 0.429. The van der Waals surface area contributed by atoms with Gasteiger partial charge in [0.1, 0.15) is 12.1 Å². The van der Waals surface area contributed by atoms with Gasteiger partial charge in [0.25, 0.3) is 5.91 Å². The van der Waals surface area contributed by atoms with Gasteiger partial charge in [0.15, 0.2) is 0 Å². The molecule has 2 aliphatic heterocycles. The van der Waals surface area contributed by atoms with Gasteiger partial charge < -0.3 is 5.32 Å². The maximum atomic E-state index is 12.5. The molecular weight excluding hydrogens is 228 g/mol. The molecule has 0 spiro atoms. The number of para-hydroxylation sites is 1. The third-order valence-electron chi connectivity index (χ3n) is 3.75. The Bertz CT molecular complexity index is 524. The summed E-state index contributed by atoms with van der Waals surface area (Å²) in [7, 11) is 0. The quantitative estimate of drug-likeness (QED) is 0.804. The van der Waals surface area contributed by atoms with Crippen molar-refractivity contribution in [3.63, 3.8) is 0 Å². The standard InChI is InChI=1S/C14H16N2O2/c1-8(2)12-14(18)16-10-6-4-3-5-9(10)7-11(16)13(17)15-12/h3-6,8,11-12H,7H2,1-2H3,(H,15,17)/t11-,12+/m0/s1. The lowest BCUT2D eigenvalue weighted by Gasteiger charge is -2.36. The van der Waals surface area contributed by atoms with Crippen molar-refractivity contribution in [3.8, 4) is 0 Å². The molecule has 0 aliphatic carbocycles. The topological polar surface area (TPSA) is 49.4 Å². The van der Waals surface area contributed by atoms with Crippen LogP contribution in [-0.4, -0.2) is 23.9 Å². The van der Waals surface area contributed by atoms with Gasteiger partial charge in [-0.05, 0) is 17.5 Å². The van der Waals surface area contributed by atoms with Crippen molar-refractivity contribution in [3.05, 3.63) is 29.8 Å². The van der Waals surface area contributed by atoms with Crippen LogP contribution in [0.2, 0.25) is 0 Å². The highest BCUT2D eigenvalue weighted by molar-refractivity contribution is 6.10. The number of carbonyl (C=O) groups is 2. The molecular formula is C14H16N2O2. The van der Waals surface area contributed by atoms with E-state index in [1.54, 1.807) is 4.90 Å². The Labute approximate surface area is 106 Å². The number of benzene rings is 1. The van der Waals surface area contributed by atoms with Gasteiger partial charge in [-0.25, -0.2) is 0 Å². The summed E-state index contributed by atoms with van der Waals surface area (Å²) in [6.07, 6.45) is 0.624. The van der Waals surface area contributed by atoms with Gasteiger partial charge in [-0.15, -0.1) is 0 Å². The molecule has 1 aromatic carbocycles. The van der Waals surface area contributed by atoms with E-state index >= 15 is 0 Å². The predicted molar refractivity (Wildman–Crippen MR) is 68.2 cm³/mol. The number of amides is 2. The van der Waals surface area contributed by atoms with E-state index in [0.717, 1.165) is 11.3 Å². The fourth-order valence-electron chi connectivity index (χ4n) is 2.78. The van der Waals surface area contributed by atoms with Crippen LogP contribution in [0.4, 0.5) is 5.69 Å². The van der Waals surface area contributed by atoms with Gasteiger partial charge in [-0.1, -0.05) is 32.0 Å². The van der Waals surface area contributed by atoms with Crippen LogP contribution in [0.15, 0.2) is 24.3 Å². The molecule has 94 valence electrons. The zero-order valence-corrected chi connectivity index (χ0v) is 10.5. The highest BCUT2D eigenvalue weighted by Gasteiger charge is 2.46. The van der Waals surface area contributed by atoms with Crippen LogP contribution < -0.4 is 10.2 Å². The lowest BCUT2D eigenvalue weighted by molar-refractivity contribution is -0.134. The van der Waals surface area contributed by atoms with Crippen LogP contribution >= 0.6 is 0 Å². The maximum Gasteiger partial charge on any atom is 0.250 e. The van der Waals surface area contributed by atoms with Crippen molar-refractivity contribution in [2.24, 2.45) is 5.92 Å². The minimum Gasteiger partial charge on any atom is -0.342 e. The molecule has 4 nitrogen and oxygen atoms in total. The number of anilines is 1. The van der Waals surface area contributed by atoms with Crippen LogP contribution in [-0.2, 0) is 16.0 Å². The van der Waals surface area contributed by atoms with Crippen LogP contribution in [0.1, 0.15) is 19.4 Å². The van der Waals surface area contributed by atoms with Crippen molar-refractivity contribution in [1.82, 2.24) is 5.32 Å². The average Bonchev–Trinajstić information content (AvgIpc) is 2.73. The zero-order valence-electron chi connectivity index (χ0n) is 10.5. The molecule has 1 saturated heterocycles. The van der Waals surface area contributed by atoms with Crippen molar-refractivity contribution in [2.45, 2.75) is 32.4 Å². The van der Waals surface area contributed by atoms with E-state index in [-0.39, 0.29) is 23.8 Å². The Hall–Kier alpha value is -1.84. The minimum atomic E-state index is -0.403. The summed E-state index contributed by atoms with van der Waals surface area (Å²) in [5.41, 5.74) is 1.98. The molecule has 0 aromatic heterocycles. The Morgan fingerprint density at radius 3 is 2.72 bits per heavy atom. The third kappa shape index (κ3) is 1.45. The summed E-state index contributed by atoms with van der Waals surface area (Å²) in [5.74, 6) is 0.0826. The Morgan fingerprint density at radius 2 is 2.00 bits per heavy atom. The van der Waals surface area contributed by atoms with E-state index in [1.165, 1.54) is 0 Å². The molecule has 0 bridgehead atoms. The number of rotatable bonds is 1. The molecule has 1 fully saturated rings. The lowest BCUT2D eigenvalue weighted by Crippen LogP contribution is -2.64. The number of fused-ring (bicyclic) bond motifs is 3. The van der Waals surface area contributed by atoms with E-state index in [9.17, 15) is 9.59 Å². The Morgan fingerprint density at radius 1 is 1.28 bits per heavy atom. The number of hydrogen-bond donors (Lipinski definition) is 1. The molecule has 2 aliphatic rings. The van der Waals surface area contributed by atoms with Crippen LogP contribution in [0, 0.1) is 5.92 Å². The second-order valence-corrected chi connectivity index (χ2v) is 5.29. The van der Waals surface area contributed by atoms with Gasteiger partial charge in [-0.2, -0.15) is 0 Å². The van der Waals surface area contributed by atoms with E-state index in [1.807, 2.05) is 38.1 Å². The molecule has 1 N–H and O–H groups in total. The first-order valence-corrected chi connectivity index (χ1v) is 6.31. The molecule has 3 rings (SSSR count). The minimum absolute atomic E-state index is 0.0135. The molecule has 2 atom stereocenters. The number of piperazine rings is 1. The Kier molecular flexibility index (Phi) is 2.40. The summed E-state index contributed by atoms with van der Waals surface area (Å²) >= 11 is 0. The summed E-state index contributed by atoms with van der Waals surface area (Å²) < 4.78 is 0. The van der Waals surface area contributed by atoms with Crippen molar-refractivity contribution < 1.29 is 9.59 Å². The first kappa shape index (κ1) is 11.3. The van der Waals surface area contributed by atoms with Crippen LogP contribution in [0.25, 0.3) is 0 Å². The lowest BCUT2D eigenvalue weighted by atomic mass is 9.98. The first-order valence-electron chi connectivity index (χ1n) is 6.31. The largest absolute Gasteiger partial charge is 0.342 e. The predicted octanol–water partition coefficient (Wildman–Crippen LogP) is 1.10. The number of nitrogens with one attached hydrogen (secondary N) is 1. The second-order valence-electron chi connectivity index (χ2n) is 5.29. The molecule has 0 radical (unpaired) electrons. The maximum absolute atomic E-state index is 12.5. The van der Waals surface area contributed by atoms with E-state index in [0.29, 0.717) is 6.42 Å². The van der Waals surface area contributed by atoms with Gasteiger partial charge >= 0.3 is 0 Å². The number of carbonyl (C=O) groups excluding carboxylic acids is 2. The normalized spacial score (nSPS) is 26.1. The number of nitrogens with zero attached hydrogens (tertiary/aromatic N) is 1. The van der Waals surface area contributed by atoms with Gasteiger partial charge in [0.05, 0.1) is 0 Å². The van der Waals surface area contributed by atoms with E-state index < -0.39 is 6.04 Å². The number of hydrogen-bond acceptors (Lipinski definition) is 2. The summed E-state index contributed by atoms with van der Waals surface area (Å²) in [6, 6.07) is 7.00. The highest BCUT2D eigenvalue weighted by atomic mass is 16.2. The Balaban J connectivity index is 2.04. The van der Waals surface area contributed by atoms with Gasteiger partial charge in [0.2, 0.25) is 5.91 Å². The van der Waals surface area contributed by atoms with Crippen molar-refractivity contribution in [1.29, 1.82) is 0 Å². The highest BCUT2D eigenvalue weighted by Crippen LogP contribution is 2.35. The molecule has 0 unspecified atom stereocenters.